The smallest absolute Gasteiger partial charge is 0.269 e. The lowest BCUT2D eigenvalue weighted by molar-refractivity contribution is -0.385. The standard InChI is InChI=1S/C14H12N2OS.C7H6FNO2/c1-9-7-10(15)5-6-12(9)17-13-3-2-4-14-11(13)8-16-18-14;1-5-4-6(9(10)11)2-3-7(5)8/h2-8H,15H2,1H3;2-4H,1H3. The zero-order valence-corrected chi connectivity index (χ0v) is 16.6. The summed E-state index contributed by atoms with van der Waals surface area (Å²) in [5.74, 6) is 1.23. The van der Waals surface area contributed by atoms with Crippen LogP contribution in [0.3, 0.4) is 0 Å². The van der Waals surface area contributed by atoms with Crippen molar-refractivity contribution >= 4 is 33.0 Å². The van der Waals surface area contributed by atoms with Crippen molar-refractivity contribution in [3.05, 3.63) is 87.9 Å². The molecule has 1 aromatic heterocycles. The maximum absolute atomic E-state index is 12.5. The number of anilines is 1. The minimum atomic E-state index is -0.549. The number of ether oxygens (including phenoxy) is 1. The number of aryl methyl sites for hydroxylation is 2. The first-order valence-corrected chi connectivity index (χ1v) is 9.40. The first kappa shape index (κ1) is 20.2. The molecule has 0 saturated carbocycles. The summed E-state index contributed by atoms with van der Waals surface area (Å²) in [5, 5.41) is 11.2. The van der Waals surface area contributed by atoms with Crippen molar-refractivity contribution in [3.8, 4) is 11.5 Å². The van der Waals surface area contributed by atoms with Crippen molar-refractivity contribution in [2.24, 2.45) is 0 Å². The quantitative estimate of drug-likeness (QED) is 0.253. The third-order valence-corrected chi connectivity index (χ3v) is 4.89. The lowest BCUT2D eigenvalue weighted by atomic mass is 10.2. The van der Waals surface area contributed by atoms with E-state index in [0.717, 1.165) is 45.0 Å². The molecule has 4 aromatic rings. The van der Waals surface area contributed by atoms with Crippen LogP contribution in [0.15, 0.2) is 60.8 Å². The van der Waals surface area contributed by atoms with Gasteiger partial charge in [-0.25, -0.2) is 4.39 Å². The highest BCUT2D eigenvalue weighted by atomic mass is 32.1. The number of nitro groups is 1. The Morgan fingerprint density at radius 3 is 2.55 bits per heavy atom. The molecule has 0 atom stereocenters. The molecule has 0 spiro atoms. The molecule has 3 aromatic carbocycles. The average molecular weight is 411 g/mol. The number of hydrogen-bond acceptors (Lipinski definition) is 6. The van der Waals surface area contributed by atoms with Crippen molar-refractivity contribution in [2.45, 2.75) is 13.8 Å². The maximum atomic E-state index is 12.5. The largest absolute Gasteiger partial charge is 0.456 e. The fourth-order valence-corrected chi connectivity index (χ4v) is 3.27. The molecule has 0 radical (unpaired) electrons. The van der Waals surface area contributed by atoms with E-state index in [-0.39, 0.29) is 5.69 Å². The summed E-state index contributed by atoms with van der Waals surface area (Å²) >= 11 is 1.47. The average Bonchev–Trinajstić information content (AvgIpc) is 3.16. The van der Waals surface area contributed by atoms with Gasteiger partial charge in [-0.1, -0.05) is 6.07 Å². The van der Waals surface area contributed by atoms with E-state index in [1.807, 2.05) is 49.5 Å². The van der Waals surface area contributed by atoms with Crippen LogP contribution in [0.4, 0.5) is 15.8 Å². The summed E-state index contributed by atoms with van der Waals surface area (Å²) in [6.07, 6.45) is 1.84. The number of rotatable bonds is 3. The monoisotopic (exact) mass is 411 g/mol. The minimum absolute atomic E-state index is 0.0797. The molecule has 148 valence electrons. The van der Waals surface area contributed by atoms with Gasteiger partial charge >= 0.3 is 0 Å². The highest BCUT2D eigenvalue weighted by Gasteiger charge is 2.07. The highest BCUT2D eigenvalue weighted by molar-refractivity contribution is 7.13. The number of nitrogen functional groups attached to an aromatic ring is 1. The van der Waals surface area contributed by atoms with Crippen LogP contribution >= 0.6 is 11.5 Å². The van der Waals surface area contributed by atoms with Gasteiger partial charge in [-0.3, -0.25) is 10.1 Å². The SMILES string of the molecule is Cc1cc(N)ccc1Oc1cccc2sncc12.Cc1cc([N+](=O)[O-])ccc1F. The molecule has 0 saturated heterocycles. The van der Waals surface area contributed by atoms with Crippen LogP contribution in [0.5, 0.6) is 11.5 Å². The van der Waals surface area contributed by atoms with Gasteiger partial charge in [0, 0.05) is 17.8 Å². The molecule has 0 aliphatic carbocycles. The van der Waals surface area contributed by atoms with Gasteiger partial charge in [0.2, 0.25) is 0 Å². The number of halogens is 1. The summed E-state index contributed by atoms with van der Waals surface area (Å²) < 4.78 is 23.8. The van der Waals surface area contributed by atoms with E-state index in [0.29, 0.717) is 5.56 Å². The first-order valence-electron chi connectivity index (χ1n) is 8.63. The molecule has 0 fully saturated rings. The van der Waals surface area contributed by atoms with E-state index < -0.39 is 10.7 Å². The second-order valence-corrected chi connectivity index (χ2v) is 7.14. The molecule has 2 N–H and O–H groups in total. The fourth-order valence-electron chi connectivity index (χ4n) is 2.60. The number of nitro benzene ring substituents is 1. The Labute approximate surface area is 170 Å². The number of nitrogens with two attached hydrogens (primary N) is 1. The minimum Gasteiger partial charge on any atom is -0.456 e. The molecule has 0 aliphatic heterocycles. The predicted octanol–water partition coefficient (Wildman–Crippen LogP) is 6.02. The van der Waals surface area contributed by atoms with Crippen molar-refractivity contribution < 1.29 is 14.1 Å². The Morgan fingerprint density at radius 1 is 1.07 bits per heavy atom. The fraction of sp³-hybridized carbons (Fsp3) is 0.0952. The Balaban J connectivity index is 0.000000188. The summed E-state index contributed by atoms with van der Waals surface area (Å²) in [7, 11) is 0. The van der Waals surface area contributed by atoms with Crippen LogP contribution in [0.1, 0.15) is 11.1 Å². The Hall–Kier alpha value is -3.52. The Morgan fingerprint density at radius 2 is 1.86 bits per heavy atom. The van der Waals surface area contributed by atoms with Gasteiger partial charge in [0.25, 0.3) is 5.69 Å². The summed E-state index contributed by atoms with van der Waals surface area (Å²) in [6.45, 7) is 3.47. The zero-order chi connectivity index (χ0) is 21.0. The molecule has 0 unspecified atom stereocenters. The summed E-state index contributed by atoms with van der Waals surface area (Å²) in [4.78, 5) is 9.60. The maximum Gasteiger partial charge on any atom is 0.269 e. The van der Waals surface area contributed by atoms with Crippen LogP contribution < -0.4 is 10.5 Å². The van der Waals surface area contributed by atoms with Gasteiger partial charge in [-0.2, -0.15) is 4.37 Å². The third kappa shape index (κ3) is 4.85. The van der Waals surface area contributed by atoms with E-state index in [1.165, 1.54) is 24.5 Å². The van der Waals surface area contributed by atoms with Gasteiger partial charge in [0.15, 0.2) is 0 Å². The van der Waals surface area contributed by atoms with E-state index in [4.69, 9.17) is 10.5 Å². The van der Waals surface area contributed by atoms with Crippen molar-refractivity contribution in [1.82, 2.24) is 4.37 Å². The van der Waals surface area contributed by atoms with Crippen molar-refractivity contribution in [2.75, 3.05) is 5.73 Å². The van der Waals surface area contributed by atoms with Gasteiger partial charge in [-0.05, 0) is 72.9 Å². The van der Waals surface area contributed by atoms with Gasteiger partial charge in [0.1, 0.15) is 17.3 Å². The van der Waals surface area contributed by atoms with E-state index in [9.17, 15) is 14.5 Å². The lowest BCUT2D eigenvalue weighted by Gasteiger charge is -2.09. The van der Waals surface area contributed by atoms with E-state index in [2.05, 4.69) is 4.37 Å². The van der Waals surface area contributed by atoms with Gasteiger partial charge < -0.3 is 10.5 Å². The third-order valence-electron chi connectivity index (χ3n) is 4.13. The number of nitrogens with zero attached hydrogens (tertiary/aromatic N) is 2. The molecule has 8 heteroatoms. The van der Waals surface area contributed by atoms with Crippen LogP contribution in [-0.4, -0.2) is 9.30 Å². The van der Waals surface area contributed by atoms with Crippen molar-refractivity contribution in [1.29, 1.82) is 0 Å². The number of aromatic nitrogens is 1. The second kappa shape index (κ2) is 8.66. The normalized spacial score (nSPS) is 10.3. The topological polar surface area (TPSA) is 91.3 Å². The number of non-ortho nitro benzene ring substituents is 1. The molecular weight excluding hydrogens is 393 g/mol. The molecule has 0 aliphatic rings. The molecule has 29 heavy (non-hydrogen) atoms. The molecule has 0 amide bonds. The second-order valence-electron chi connectivity index (χ2n) is 6.31. The van der Waals surface area contributed by atoms with Gasteiger partial charge in [-0.15, -0.1) is 0 Å². The van der Waals surface area contributed by atoms with Crippen LogP contribution in [0, 0.1) is 29.8 Å². The van der Waals surface area contributed by atoms with Crippen molar-refractivity contribution in [3.63, 3.8) is 0 Å². The van der Waals surface area contributed by atoms with Gasteiger partial charge in [0.05, 0.1) is 21.2 Å². The molecule has 1 heterocycles. The summed E-state index contributed by atoms with van der Waals surface area (Å²) in [5.41, 5.74) is 7.71. The molecular formula is C21H18FN3O3S. The van der Waals surface area contributed by atoms with Crippen LogP contribution in [-0.2, 0) is 0 Å². The summed E-state index contributed by atoms with van der Waals surface area (Å²) in [6, 6.07) is 15.0. The van der Waals surface area contributed by atoms with Crippen LogP contribution in [0.25, 0.3) is 10.1 Å². The van der Waals surface area contributed by atoms with E-state index in [1.54, 1.807) is 0 Å². The van der Waals surface area contributed by atoms with E-state index >= 15 is 0 Å². The zero-order valence-electron chi connectivity index (χ0n) is 15.8. The Bertz CT molecular complexity index is 1180. The number of benzene rings is 3. The highest BCUT2D eigenvalue weighted by Crippen LogP contribution is 2.33. The first-order chi connectivity index (χ1) is 13.8. The Kier molecular flexibility index (Phi) is 6.04. The van der Waals surface area contributed by atoms with Crippen LogP contribution in [0.2, 0.25) is 0 Å². The lowest BCUT2D eigenvalue weighted by Crippen LogP contribution is -1.90. The number of fused-ring (bicyclic) bond motifs is 1. The number of hydrogen-bond donors (Lipinski definition) is 1. The molecule has 0 bridgehead atoms. The predicted molar refractivity (Wildman–Crippen MR) is 113 cm³/mol. The molecule has 4 rings (SSSR count). The molecule has 6 nitrogen and oxygen atoms in total.